The van der Waals surface area contributed by atoms with Crippen molar-refractivity contribution in [3.8, 4) is 0 Å². The number of nitrogens with one attached hydrogen (secondary N) is 1. The smallest absolute Gasteiger partial charge is 0.0761 e. The average Bonchev–Trinajstić information content (AvgIpc) is 2.39. The third-order valence-corrected chi connectivity index (χ3v) is 4.02. The Bertz CT molecular complexity index is 530. The van der Waals surface area contributed by atoms with E-state index in [9.17, 15) is 0 Å². The second-order valence-electron chi connectivity index (χ2n) is 4.34. The fourth-order valence-corrected chi connectivity index (χ4v) is 2.77. The van der Waals surface area contributed by atoms with Gasteiger partial charge in [-0.15, -0.1) is 0 Å². The lowest BCUT2D eigenvalue weighted by atomic mass is 10.1. The van der Waals surface area contributed by atoms with E-state index in [1.807, 2.05) is 36.2 Å². The van der Waals surface area contributed by atoms with Gasteiger partial charge in [-0.25, -0.2) is 0 Å². The van der Waals surface area contributed by atoms with Crippen LogP contribution in [0.15, 0.2) is 30.5 Å². The largest absolute Gasteiger partial charge is 0.309 e. The van der Waals surface area contributed by atoms with Gasteiger partial charge >= 0.3 is 0 Å². The maximum atomic E-state index is 6.18. The van der Waals surface area contributed by atoms with E-state index in [-0.39, 0.29) is 0 Å². The number of rotatable bonds is 5. The van der Waals surface area contributed by atoms with Gasteiger partial charge < -0.3 is 5.32 Å². The maximum absolute atomic E-state index is 6.18. The Hall–Kier alpha value is -0.770. The van der Waals surface area contributed by atoms with Crippen molar-refractivity contribution in [3.63, 3.8) is 0 Å². The first-order valence-electron chi connectivity index (χ1n) is 5.97. The van der Waals surface area contributed by atoms with Crippen molar-refractivity contribution < 1.29 is 0 Å². The number of hydrogen-bond acceptors (Lipinski definition) is 3. The van der Waals surface area contributed by atoms with Gasteiger partial charge in [-0.05, 0) is 36.9 Å². The minimum atomic E-state index is 0.495. The molecular formula is C14H17ClN2S. The van der Waals surface area contributed by atoms with Crippen LogP contribution < -0.4 is 5.32 Å². The number of thioether (sulfide) groups is 1. The summed E-state index contributed by atoms with van der Waals surface area (Å²) in [7, 11) is 0. The van der Waals surface area contributed by atoms with Crippen LogP contribution in [0, 0.1) is 0 Å². The van der Waals surface area contributed by atoms with Crippen molar-refractivity contribution in [3.05, 3.63) is 41.0 Å². The van der Waals surface area contributed by atoms with Gasteiger partial charge in [-0.3, -0.25) is 4.98 Å². The predicted octanol–water partition coefficient (Wildman–Crippen LogP) is 3.73. The molecule has 1 heterocycles. The second kappa shape index (κ2) is 6.41. The number of halogens is 1. The van der Waals surface area contributed by atoms with E-state index in [0.717, 1.165) is 28.2 Å². The average molecular weight is 281 g/mol. The van der Waals surface area contributed by atoms with E-state index < -0.39 is 0 Å². The monoisotopic (exact) mass is 280 g/mol. The van der Waals surface area contributed by atoms with Crippen LogP contribution in [0.2, 0.25) is 5.02 Å². The van der Waals surface area contributed by atoms with Crippen LogP contribution in [0.3, 0.4) is 0 Å². The van der Waals surface area contributed by atoms with E-state index >= 15 is 0 Å². The van der Waals surface area contributed by atoms with E-state index in [2.05, 4.69) is 29.5 Å². The van der Waals surface area contributed by atoms with Crippen molar-refractivity contribution in [2.45, 2.75) is 19.5 Å². The summed E-state index contributed by atoms with van der Waals surface area (Å²) in [6.07, 6.45) is 3.94. The summed E-state index contributed by atoms with van der Waals surface area (Å²) in [6, 6.07) is 8.42. The Balaban J connectivity index is 2.21. The van der Waals surface area contributed by atoms with E-state index in [4.69, 9.17) is 11.6 Å². The molecule has 0 saturated heterocycles. The molecule has 0 amide bonds. The molecule has 0 spiro atoms. The summed E-state index contributed by atoms with van der Waals surface area (Å²) in [5, 5.41) is 5.29. The topological polar surface area (TPSA) is 24.9 Å². The SMILES string of the molecule is CSCC(C)NCc1ccc(Cl)c2cccnc12. The fourth-order valence-electron chi connectivity index (χ4n) is 1.93. The molecule has 18 heavy (non-hydrogen) atoms. The standard InChI is InChI=1S/C14H17ClN2S/c1-10(9-18-2)17-8-11-5-6-13(15)12-4-3-7-16-14(11)12/h3-7,10,17H,8-9H2,1-2H3. The highest BCUT2D eigenvalue weighted by atomic mass is 35.5. The molecule has 0 aliphatic carbocycles. The molecule has 1 aromatic heterocycles. The zero-order chi connectivity index (χ0) is 13.0. The molecule has 0 bridgehead atoms. The van der Waals surface area contributed by atoms with Crippen molar-refractivity contribution in [2.75, 3.05) is 12.0 Å². The van der Waals surface area contributed by atoms with E-state index in [1.165, 1.54) is 5.56 Å². The first-order chi connectivity index (χ1) is 8.72. The van der Waals surface area contributed by atoms with Gasteiger partial charge in [-0.2, -0.15) is 11.8 Å². The van der Waals surface area contributed by atoms with Gasteiger partial charge in [0.05, 0.1) is 5.52 Å². The highest BCUT2D eigenvalue weighted by Crippen LogP contribution is 2.24. The van der Waals surface area contributed by atoms with Crippen LogP contribution in [-0.4, -0.2) is 23.0 Å². The Morgan fingerprint density at radius 2 is 2.22 bits per heavy atom. The maximum Gasteiger partial charge on any atom is 0.0761 e. The number of aromatic nitrogens is 1. The van der Waals surface area contributed by atoms with E-state index in [0.29, 0.717) is 6.04 Å². The number of hydrogen-bond donors (Lipinski definition) is 1. The van der Waals surface area contributed by atoms with Crippen LogP contribution in [0.25, 0.3) is 10.9 Å². The van der Waals surface area contributed by atoms with Crippen LogP contribution in [0.5, 0.6) is 0 Å². The van der Waals surface area contributed by atoms with Crippen molar-refractivity contribution in [1.29, 1.82) is 0 Å². The van der Waals surface area contributed by atoms with E-state index in [1.54, 1.807) is 0 Å². The van der Waals surface area contributed by atoms with Gasteiger partial charge in [0.15, 0.2) is 0 Å². The Morgan fingerprint density at radius 3 is 3.00 bits per heavy atom. The van der Waals surface area contributed by atoms with Gasteiger partial charge in [0.25, 0.3) is 0 Å². The summed E-state index contributed by atoms with van der Waals surface area (Å²) in [6.45, 7) is 3.02. The van der Waals surface area contributed by atoms with Crippen molar-refractivity contribution in [2.24, 2.45) is 0 Å². The van der Waals surface area contributed by atoms with Crippen LogP contribution in [0.4, 0.5) is 0 Å². The van der Waals surface area contributed by atoms with Crippen molar-refractivity contribution in [1.82, 2.24) is 10.3 Å². The Kier molecular flexibility index (Phi) is 4.87. The lowest BCUT2D eigenvalue weighted by molar-refractivity contribution is 0.597. The van der Waals surface area contributed by atoms with Crippen molar-refractivity contribution >= 4 is 34.3 Å². The predicted molar refractivity (Wildman–Crippen MR) is 81.4 cm³/mol. The zero-order valence-electron chi connectivity index (χ0n) is 10.6. The summed E-state index contributed by atoms with van der Waals surface area (Å²) in [5.41, 5.74) is 2.19. The summed E-state index contributed by atoms with van der Waals surface area (Å²) in [4.78, 5) is 4.44. The van der Waals surface area contributed by atoms with Gasteiger partial charge in [0.1, 0.15) is 0 Å². The molecule has 2 rings (SSSR count). The summed E-state index contributed by atoms with van der Waals surface area (Å²) in [5.74, 6) is 1.11. The highest BCUT2D eigenvalue weighted by molar-refractivity contribution is 7.98. The minimum Gasteiger partial charge on any atom is -0.309 e. The van der Waals surface area contributed by atoms with Gasteiger partial charge in [-0.1, -0.05) is 17.7 Å². The number of benzene rings is 1. The minimum absolute atomic E-state index is 0.495. The van der Waals surface area contributed by atoms with Crippen LogP contribution in [-0.2, 0) is 6.54 Å². The molecule has 4 heteroatoms. The molecule has 2 nitrogen and oxygen atoms in total. The zero-order valence-corrected chi connectivity index (χ0v) is 12.2. The molecule has 1 N–H and O–H groups in total. The third-order valence-electron chi connectivity index (χ3n) is 2.86. The second-order valence-corrected chi connectivity index (χ2v) is 5.66. The third kappa shape index (κ3) is 3.16. The Morgan fingerprint density at radius 1 is 1.39 bits per heavy atom. The lowest BCUT2D eigenvalue weighted by Crippen LogP contribution is -2.27. The number of pyridine rings is 1. The molecule has 1 atom stereocenters. The molecule has 0 aliphatic rings. The number of nitrogens with zero attached hydrogens (tertiary/aromatic N) is 1. The number of fused-ring (bicyclic) bond motifs is 1. The summed E-state index contributed by atoms with van der Waals surface area (Å²) < 4.78 is 0. The fraction of sp³-hybridized carbons (Fsp3) is 0.357. The first kappa shape index (κ1) is 13.7. The normalized spacial score (nSPS) is 12.8. The quantitative estimate of drug-likeness (QED) is 0.903. The molecule has 0 radical (unpaired) electrons. The highest BCUT2D eigenvalue weighted by Gasteiger charge is 2.07. The van der Waals surface area contributed by atoms with Crippen LogP contribution in [0.1, 0.15) is 12.5 Å². The molecule has 0 saturated carbocycles. The van der Waals surface area contributed by atoms with Gasteiger partial charge in [0.2, 0.25) is 0 Å². The molecular weight excluding hydrogens is 264 g/mol. The van der Waals surface area contributed by atoms with Crippen LogP contribution >= 0.6 is 23.4 Å². The molecule has 1 unspecified atom stereocenters. The molecule has 0 aliphatic heterocycles. The molecule has 96 valence electrons. The summed E-state index contributed by atoms with van der Waals surface area (Å²) >= 11 is 8.03. The first-order valence-corrected chi connectivity index (χ1v) is 7.74. The molecule has 2 aromatic rings. The lowest BCUT2D eigenvalue weighted by Gasteiger charge is -2.13. The Labute approximate surface area is 117 Å². The van der Waals surface area contributed by atoms with Gasteiger partial charge in [0, 0.05) is 34.9 Å². The molecule has 1 aromatic carbocycles. The molecule has 0 fully saturated rings.